The van der Waals surface area contributed by atoms with Crippen LogP contribution < -0.4 is 10.0 Å². The molecule has 1 aromatic heterocycles. The van der Waals surface area contributed by atoms with E-state index in [1.807, 2.05) is 43.3 Å². The first-order valence-electron chi connectivity index (χ1n) is 8.28. The van der Waals surface area contributed by atoms with Crippen molar-refractivity contribution in [2.75, 3.05) is 10.0 Å². The maximum atomic E-state index is 12.6. The van der Waals surface area contributed by atoms with E-state index in [9.17, 15) is 8.42 Å². The lowest BCUT2D eigenvalue weighted by molar-refractivity contribution is 0.600. The second-order valence-corrected chi connectivity index (χ2v) is 7.80. The Hall–Kier alpha value is -2.86. The molecule has 0 fully saturated rings. The summed E-state index contributed by atoms with van der Waals surface area (Å²) >= 11 is 0. The molecule has 0 aliphatic rings. The molecular weight excluding hydrogens is 346 g/mol. The lowest BCUT2D eigenvalue weighted by Gasteiger charge is -2.11. The molecule has 6 heteroatoms. The molecule has 0 saturated heterocycles. The highest BCUT2D eigenvalue weighted by molar-refractivity contribution is 7.92. The summed E-state index contributed by atoms with van der Waals surface area (Å²) in [6.07, 6.45) is 1.61. The Balaban J connectivity index is 1.68. The van der Waals surface area contributed by atoms with E-state index >= 15 is 0 Å². The molecule has 1 heterocycles. The summed E-state index contributed by atoms with van der Waals surface area (Å²) in [6.45, 7) is 4.39. The third-order valence-corrected chi connectivity index (χ3v) is 5.48. The second kappa shape index (κ2) is 7.58. The van der Waals surface area contributed by atoms with Crippen molar-refractivity contribution in [2.45, 2.75) is 25.3 Å². The number of pyridine rings is 1. The first kappa shape index (κ1) is 17.9. The highest BCUT2D eigenvalue weighted by atomic mass is 32.2. The van der Waals surface area contributed by atoms with Gasteiger partial charge in [0.1, 0.15) is 5.82 Å². The van der Waals surface area contributed by atoms with E-state index in [0.717, 1.165) is 16.8 Å². The molecule has 0 aliphatic heterocycles. The van der Waals surface area contributed by atoms with Crippen LogP contribution in [0.5, 0.6) is 0 Å². The Bertz CT molecular complexity index is 985. The molecule has 0 aliphatic carbocycles. The third-order valence-electron chi connectivity index (χ3n) is 3.96. The number of nitrogens with one attached hydrogen (secondary N) is 2. The predicted octanol–water partition coefficient (Wildman–Crippen LogP) is 4.11. The number of benzene rings is 2. The number of aromatic nitrogens is 1. The maximum absolute atomic E-state index is 12.6. The first-order valence-corrected chi connectivity index (χ1v) is 9.76. The van der Waals surface area contributed by atoms with E-state index in [1.165, 1.54) is 0 Å². The molecule has 0 bridgehead atoms. The normalized spacial score (nSPS) is 11.2. The third kappa shape index (κ3) is 4.40. The minimum absolute atomic E-state index is 0.260. The van der Waals surface area contributed by atoms with Crippen molar-refractivity contribution in [3.8, 4) is 0 Å². The fourth-order valence-electron chi connectivity index (χ4n) is 2.65. The largest absolute Gasteiger partial charge is 0.380 e. The smallest absolute Gasteiger partial charge is 0.263 e. The number of sulfonamides is 1. The Morgan fingerprint density at radius 2 is 1.73 bits per heavy atom. The number of hydrogen-bond acceptors (Lipinski definition) is 4. The maximum Gasteiger partial charge on any atom is 0.263 e. The highest BCUT2D eigenvalue weighted by Gasteiger charge is 2.17. The van der Waals surface area contributed by atoms with Crippen LogP contribution in [-0.2, 0) is 16.6 Å². The standard InChI is InChI=1S/C20H21N3O2S/c1-15-8-10-19(16(2)12-15)26(24,25)23-20-11-9-18(14-22-20)21-13-17-6-4-3-5-7-17/h3-12,14,21H,13H2,1-2H3,(H,22,23). The van der Waals surface area contributed by atoms with Crippen molar-refractivity contribution in [2.24, 2.45) is 0 Å². The fraction of sp³-hybridized carbons (Fsp3) is 0.150. The molecule has 2 N–H and O–H groups in total. The quantitative estimate of drug-likeness (QED) is 0.688. The average molecular weight is 367 g/mol. The molecule has 0 saturated carbocycles. The molecule has 2 aromatic carbocycles. The van der Waals surface area contributed by atoms with Gasteiger partial charge in [-0.25, -0.2) is 13.4 Å². The van der Waals surface area contributed by atoms with Gasteiger partial charge in [-0.05, 0) is 43.2 Å². The summed E-state index contributed by atoms with van der Waals surface area (Å²) in [5.41, 5.74) is 3.71. The van der Waals surface area contributed by atoms with Gasteiger partial charge in [0.2, 0.25) is 0 Å². The summed E-state index contributed by atoms with van der Waals surface area (Å²) in [4.78, 5) is 4.46. The second-order valence-electron chi connectivity index (χ2n) is 6.15. The zero-order valence-electron chi connectivity index (χ0n) is 14.7. The molecule has 0 radical (unpaired) electrons. The summed E-state index contributed by atoms with van der Waals surface area (Å²) in [5, 5.41) is 3.26. The van der Waals surface area contributed by atoms with Gasteiger partial charge in [0, 0.05) is 6.54 Å². The van der Waals surface area contributed by atoms with Crippen molar-refractivity contribution >= 4 is 21.5 Å². The van der Waals surface area contributed by atoms with Crippen LogP contribution in [0.15, 0.2) is 71.8 Å². The molecule has 5 nitrogen and oxygen atoms in total. The number of aryl methyl sites for hydroxylation is 2. The van der Waals surface area contributed by atoms with Gasteiger partial charge < -0.3 is 5.32 Å². The number of nitrogens with zero attached hydrogens (tertiary/aromatic N) is 1. The predicted molar refractivity (Wildman–Crippen MR) is 105 cm³/mol. The SMILES string of the molecule is Cc1ccc(S(=O)(=O)Nc2ccc(NCc3ccccc3)cn2)c(C)c1. The van der Waals surface area contributed by atoms with Crippen LogP contribution in [0, 0.1) is 13.8 Å². The van der Waals surface area contributed by atoms with Crippen molar-refractivity contribution in [3.05, 3.63) is 83.6 Å². The number of anilines is 2. The van der Waals surface area contributed by atoms with Crippen molar-refractivity contribution in [1.29, 1.82) is 0 Å². The molecule has 26 heavy (non-hydrogen) atoms. The summed E-state index contributed by atoms with van der Waals surface area (Å²) in [5.74, 6) is 0.287. The summed E-state index contributed by atoms with van der Waals surface area (Å²) in [6, 6.07) is 18.7. The Labute approximate surface area is 154 Å². The first-order chi connectivity index (χ1) is 12.4. The van der Waals surface area contributed by atoms with Crippen LogP contribution in [0.3, 0.4) is 0 Å². The summed E-state index contributed by atoms with van der Waals surface area (Å²) < 4.78 is 27.7. The van der Waals surface area contributed by atoms with Gasteiger partial charge in [0.05, 0.1) is 16.8 Å². The van der Waals surface area contributed by atoms with Gasteiger partial charge in [-0.3, -0.25) is 4.72 Å². The van der Waals surface area contributed by atoms with E-state index in [2.05, 4.69) is 15.0 Å². The number of rotatable bonds is 6. The van der Waals surface area contributed by atoms with Crippen molar-refractivity contribution < 1.29 is 8.42 Å². The Kier molecular flexibility index (Phi) is 5.23. The fourth-order valence-corrected chi connectivity index (χ4v) is 3.89. The Morgan fingerprint density at radius 1 is 0.962 bits per heavy atom. The molecule has 134 valence electrons. The van der Waals surface area contributed by atoms with E-state index < -0.39 is 10.0 Å². The van der Waals surface area contributed by atoms with Crippen LogP contribution in [-0.4, -0.2) is 13.4 Å². The van der Waals surface area contributed by atoms with Crippen LogP contribution in [0.4, 0.5) is 11.5 Å². The Morgan fingerprint density at radius 3 is 2.38 bits per heavy atom. The molecular formula is C20H21N3O2S. The molecule has 3 aromatic rings. The molecule has 3 rings (SSSR count). The summed E-state index contributed by atoms with van der Waals surface area (Å²) in [7, 11) is -3.66. The number of hydrogen-bond donors (Lipinski definition) is 2. The van der Waals surface area contributed by atoms with Gasteiger partial charge in [0.25, 0.3) is 10.0 Å². The zero-order valence-corrected chi connectivity index (χ0v) is 15.5. The van der Waals surface area contributed by atoms with Crippen molar-refractivity contribution in [3.63, 3.8) is 0 Å². The lowest BCUT2D eigenvalue weighted by Crippen LogP contribution is -2.15. The van der Waals surface area contributed by atoms with E-state index in [-0.39, 0.29) is 10.7 Å². The van der Waals surface area contributed by atoms with Gasteiger partial charge in [-0.15, -0.1) is 0 Å². The van der Waals surface area contributed by atoms with Crippen LogP contribution in [0.2, 0.25) is 0 Å². The van der Waals surface area contributed by atoms with Crippen molar-refractivity contribution in [1.82, 2.24) is 4.98 Å². The van der Waals surface area contributed by atoms with Gasteiger partial charge in [-0.1, -0.05) is 48.0 Å². The van der Waals surface area contributed by atoms with Gasteiger partial charge >= 0.3 is 0 Å². The highest BCUT2D eigenvalue weighted by Crippen LogP contribution is 2.20. The minimum atomic E-state index is -3.66. The molecule has 0 amide bonds. The van der Waals surface area contributed by atoms with Gasteiger partial charge in [0.15, 0.2) is 0 Å². The monoisotopic (exact) mass is 367 g/mol. The van der Waals surface area contributed by atoms with E-state index in [0.29, 0.717) is 12.1 Å². The lowest BCUT2D eigenvalue weighted by atomic mass is 10.2. The average Bonchev–Trinajstić information content (AvgIpc) is 2.61. The molecule has 0 atom stereocenters. The minimum Gasteiger partial charge on any atom is -0.380 e. The van der Waals surface area contributed by atoms with Gasteiger partial charge in [-0.2, -0.15) is 0 Å². The van der Waals surface area contributed by atoms with Crippen LogP contribution in [0.25, 0.3) is 0 Å². The van der Waals surface area contributed by atoms with Crippen LogP contribution in [0.1, 0.15) is 16.7 Å². The van der Waals surface area contributed by atoms with E-state index in [4.69, 9.17) is 0 Å². The van der Waals surface area contributed by atoms with Crippen LogP contribution >= 0.6 is 0 Å². The molecule has 0 unspecified atom stereocenters. The van der Waals surface area contributed by atoms with E-state index in [1.54, 1.807) is 37.4 Å². The molecule has 0 spiro atoms. The zero-order chi connectivity index (χ0) is 18.6. The topological polar surface area (TPSA) is 71.1 Å².